The van der Waals surface area contributed by atoms with Gasteiger partial charge in [-0.3, -0.25) is 0 Å². The fraction of sp³-hybridized carbons (Fsp3) is 0.636. The summed E-state index contributed by atoms with van der Waals surface area (Å²) in [5.41, 5.74) is 0. The summed E-state index contributed by atoms with van der Waals surface area (Å²) in [5, 5.41) is 23.5. The van der Waals surface area contributed by atoms with E-state index in [9.17, 15) is 4.79 Å². The molecule has 104 valence electrons. The number of hydrogen-bond acceptors (Lipinski definition) is 5. The van der Waals surface area contributed by atoms with Crippen LogP contribution in [0.3, 0.4) is 0 Å². The van der Waals surface area contributed by atoms with E-state index in [1.807, 2.05) is 0 Å². The van der Waals surface area contributed by atoms with Crippen LogP contribution in [0.15, 0.2) is 12.7 Å². The normalized spacial score (nSPS) is 8.24. The van der Waals surface area contributed by atoms with Crippen LogP contribution in [0.2, 0.25) is 0 Å². The van der Waals surface area contributed by atoms with E-state index in [1.54, 1.807) is 20.8 Å². The summed E-state index contributed by atoms with van der Waals surface area (Å²) in [6.07, 6.45) is -0.0484. The van der Waals surface area contributed by atoms with Crippen molar-refractivity contribution in [3.63, 3.8) is 0 Å². The maximum absolute atomic E-state index is 10.1. The Hall–Kier alpha value is -0.0269. The van der Waals surface area contributed by atoms with Gasteiger partial charge >= 0.3 is 5.97 Å². The number of hydrogen-bond donors (Lipinski definition) is 3. The van der Waals surface area contributed by atoms with Crippen LogP contribution in [0.1, 0.15) is 27.7 Å². The number of aliphatic hydroxyl groups excluding tert-OH is 3. The molecule has 6 heteroatoms. The number of rotatable bonds is 2. The topological polar surface area (TPSA) is 87.0 Å². The SMILES string of the molecule is C=CC(=O)OC(C)O.CCO.CCO.[CH2-]C.[Zr]. The Bertz CT molecular complexity index is 127. The van der Waals surface area contributed by atoms with Crippen molar-refractivity contribution in [1.29, 1.82) is 0 Å². The van der Waals surface area contributed by atoms with E-state index in [0.717, 1.165) is 6.08 Å². The molecule has 0 aromatic carbocycles. The van der Waals surface area contributed by atoms with Crippen molar-refractivity contribution in [1.82, 2.24) is 0 Å². The molecule has 0 aliphatic heterocycles. The molecule has 0 saturated carbocycles. The van der Waals surface area contributed by atoms with Crippen molar-refractivity contribution in [2.75, 3.05) is 13.2 Å². The average Bonchev–Trinajstić information content (AvgIpc) is 2.22. The van der Waals surface area contributed by atoms with Gasteiger partial charge in [-0.15, -0.1) is 0 Å². The minimum Gasteiger partial charge on any atom is -0.433 e. The Morgan fingerprint density at radius 2 is 1.59 bits per heavy atom. The molecule has 0 radical (unpaired) electrons. The van der Waals surface area contributed by atoms with E-state index < -0.39 is 12.3 Å². The van der Waals surface area contributed by atoms with Gasteiger partial charge in [0.1, 0.15) is 0 Å². The molecule has 0 heterocycles. The van der Waals surface area contributed by atoms with Crippen molar-refractivity contribution in [3.8, 4) is 0 Å². The van der Waals surface area contributed by atoms with Gasteiger partial charge in [-0.1, -0.05) is 6.58 Å². The fourth-order valence-corrected chi connectivity index (χ4v) is 0.216. The molecular formula is C11H25O5Zr-. The first-order valence-corrected chi connectivity index (χ1v) is 4.93. The van der Waals surface area contributed by atoms with Crippen LogP contribution >= 0.6 is 0 Å². The number of esters is 1. The predicted molar refractivity (Wildman–Crippen MR) is 64.5 cm³/mol. The van der Waals surface area contributed by atoms with Crippen LogP contribution in [0, 0.1) is 6.92 Å². The zero-order valence-corrected chi connectivity index (χ0v) is 13.6. The molecule has 1 atom stereocenters. The van der Waals surface area contributed by atoms with Crippen LogP contribution in [-0.2, 0) is 35.7 Å². The van der Waals surface area contributed by atoms with Gasteiger partial charge in [-0.2, -0.15) is 6.92 Å². The third-order valence-electron chi connectivity index (χ3n) is 0.453. The molecule has 0 aliphatic carbocycles. The molecule has 0 saturated heterocycles. The van der Waals surface area contributed by atoms with Crippen molar-refractivity contribution < 1.29 is 51.1 Å². The summed E-state index contributed by atoms with van der Waals surface area (Å²) in [6.45, 7) is 13.3. The Morgan fingerprint density at radius 1 is 1.35 bits per heavy atom. The minimum atomic E-state index is -1.04. The molecule has 0 bridgehead atoms. The van der Waals surface area contributed by atoms with E-state index in [2.05, 4.69) is 18.2 Å². The molecule has 5 nitrogen and oxygen atoms in total. The number of aliphatic hydroxyl groups is 3. The van der Waals surface area contributed by atoms with E-state index in [1.165, 1.54) is 6.92 Å². The zero-order chi connectivity index (χ0) is 14.0. The van der Waals surface area contributed by atoms with Crippen LogP contribution in [0.25, 0.3) is 0 Å². The van der Waals surface area contributed by atoms with Gasteiger partial charge in [0.15, 0.2) is 6.29 Å². The molecule has 0 aromatic rings. The van der Waals surface area contributed by atoms with E-state index >= 15 is 0 Å². The van der Waals surface area contributed by atoms with Crippen molar-refractivity contribution in [2.24, 2.45) is 0 Å². The van der Waals surface area contributed by atoms with Gasteiger partial charge in [0, 0.05) is 45.5 Å². The second-order valence-electron chi connectivity index (χ2n) is 1.87. The number of carbonyl (C=O) groups excluding carboxylic acids is 1. The van der Waals surface area contributed by atoms with Gasteiger partial charge < -0.3 is 27.0 Å². The van der Waals surface area contributed by atoms with Crippen molar-refractivity contribution in [2.45, 2.75) is 34.0 Å². The molecule has 0 fully saturated rings. The smallest absolute Gasteiger partial charge is 0.332 e. The van der Waals surface area contributed by atoms with E-state index in [4.69, 9.17) is 15.3 Å². The van der Waals surface area contributed by atoms with E-state index in [-0.39, 0.29) is 39.4 Å². The Labute approximate surface area is 124 Å². The van der Waals surface area contributed by atoms with Crippen LogP contribution < -0.4 is 0 Å². The molecular weight excluding hydrogens is 303 g/mol. The second-order valence-corrected chi connectivity index (χ2v) is 1.87. The number of carbonyl (C=O) groups is 1. The molecule has 0 amide bonds. The molecule has 0 rings (SSSR count). The molecule has 0 aromatic heterocycles. The monoisotopic (exact) mass is 327 g/mol. The second kappa shape index (κ2) is 36.0. The van der Waals surface area contributed by atoms with Crippen molar-refractivity contribution >= 4 is 5.97 Å². The first-order chi connectivity index (χ1) is 7.49. The predicted octanol–water partition coefficient (Wildman–Crippen LogP) is 0.889. The molecule has 1 unspecified atom stereocenters. The van der Waals surface area contributed by atoms with Gasteiger partial charge in [0.05, 0.1) is 0 Å². The molecule has 3 N–H and O–H groups in total. The summed E-state index contributed by atoms with van der Waals surface area (Å²) >= 11 is 0. The maximum Gasteiger partial charge on any atom is 0.332 e. The van der Waals surface area contributed by atoms with Crippen LogP contribution in [-0.4, -0.2) is 40.8 Å². The molecule has 0 spiro atoms. The van der Waals surface area contributed by atoms with Crippen LogP contribution in [0.5, 0.6) is 0 Å². The minimum absolute atomic E-state index is 0. The summed E-state index contributed by atoms with van der Waals surface area (Å²) in [5.74, 6) is -0.611. The fourth-order valence-electron chi connectivity index (χ4n) is 0.216. The van der Waals surface area contributed by atoms with Gasteiger partial charge in [-0.05, 0) is 20.8 Å². The summed E-state index contributed by atoms with van der Waals surface area (Å²) in [7, 11) is 0. The van der Waals surface area contributed by atoms with Gasteiger partial charge in [-0.25, -0.2) is 4.79 Å². The van der Waals surface area contributed by atoms with Gasteiger partial charge in [0.25, 0.3) is 0 Å². The quantitative estimate of drug-likeness (QED) is 0.303. The first-order valence-electron chi connectivity index (χ1n) is 4.93. The first kappa shape index (κ1) is 30.2. The summed E-state index contributed by atoms with van der Waals surface area (Å²) < 4.78 is 4.20. The molecule has 17 heavy (non-hydrogen) atoms. The largest absolute Gasteiger partial charge is 0.433 e. The van der Waals surface area contributed by atoms with Gasteiger partial charge in [0.2, 0.25) is 0 Å². The maximum atomic E-state index is 10.1. The van der Waals surface area contributed by atoms with E-state index in [0.29, 0.717) is 0 Å². The molecule has 0 aliphatic rings. The standard InChI is InChI=1S/C5H8O3.2C2H6O.C2H5.Zr/c1-3-5(7)8-4(2)6;2*1-2-3;1-2;/h3-4,6H,1H2,2H3;2*3H,2H2,1H3;1H2,2H3;/q;;;-1;. The Kier molecular flexibility index (Phi) is 64.0. The summed E-state index contributed by atoms with van der Waals surface area (Å²) in [6, 6.07) is 0. The van der Waals surface area contributed by atoms with Crippen LogP contribution in [0.4, 0.5) is 0 Å². The Balaban J connectivity index is -0.0000000452. The van der Waals surface area contributed by atoms with Crippen molar-refractivity contribution in [3.05, 3.63) is 19.6 Å². The Morgan fingerprint density at radius 3 is 1.65 bits per heavy atom. The zero-order valence-electron chi connectivity index (χ0n) is 11.1. The summed E-state index contributed by atoms with van der Waals surface area (Å²) in [4.78, 5) is 10.1. The number of ether oxygens (including phenoxy) is 1. The average molecular weight is 329 g/mol. The third-order valence-corrected chi connectivity index (χ3v) is 0.453. The third kappa shape index (κ3) is 87.4.